The number of rotatable bonds is 2. The molecule has 0 saturated heterocycles. The van der Waals surface area contributed by atoms with Gasteiger partial charge in [0.25, 0.3) is 0 Å². The minimum atomic E-state index is -0.425. The molecule has 1 atom stereocenters. The first kappa shape index (κ1) is 16.6. The molecule has 23 heavy (non-hydrogen) atoms. The number of anilines is 1. The van der Waals surface area contributed by atoms with Crippen LogP contribution < -0.4 is 5.73 Å². The number of hydrogen-bond acceptors (Lipinski definition) is 2. The zero-order chi connectivity index (χ0) is 16.8. The lowest BCUT2D eigenvalue weighted by Gasteiger charge is -2.24. The average molecular weight is 372 g/mol. The van der Waals surface area contributed by atoms with Crippen molar-refractivity contribution >= 4 is 46.2 Å². The van der Waals surface area contributed by atoms with Crippen LogP contribution in [0.1, 0.15) is 24.5 Å². The number of nitrogen functional groups attached to an aromatic ring is 1. The zero-order valence-electron chi connectivity index (χ0n) is 12.3. The minimum absolute atomic E-state index is 0.122. The van der Waals surface area contributed by atoms with Crippen molar-refractivity contribution in [3.63, 3.8) is 0 Å². The van der Waals surface area contributed by atoms with Gasteiger partial charge < -0.3 is 5.73 Å². The predicted octanol–water partition coefficient (Wildman–Crippen LogP) is 5.52. The van der Waals surface area contributed by atoms with Gasteiger partial charge in [0.1, 0.15) is 5.82 Å². The van der Waals surface area contributed by atoms with Crippen LogP contribution in [-0.2, 0) is 5.41 Å². The number of hydrogen-bond donors (Lipinski definition) is 1. The maximum atomic E-state index is 13.3. The summed E-state index contributed by atoms with van der Waals surface area (Å²) in [5.41, 5.74) is 8.23. The molecule has 2 aromatic carbocycles. The van der Waals surface area contributed by atoms with Crippen LogP contribution in [0.4, 0.5) is 10.1 Å². The maximum absolute atomic E-state index is 13.3. The summed E-state index contributed by atoms with van der Waals surface area (Å²) in [6.45, 7) is 2.68. The fourth-order valence-corrected chi connectivity index (χ4v) is 3.36. The van der Waals surface area contributed by atoms with Gasteiger partial charge in [-0.3, -0.25) is 4.99 Å². The number of halogens is 4. The molecule has 1 aliphatic heterocycles. The second-order valence-electron chi connectivity index (χ2n) is 5.99. The molecule has 2 aromatic rings. The first-order valence-electron chi connectivity index (χ1n) is 7.04. The standard InChI is InChI=1S/C17H14Cl3FN2/c1-17(10-5-11(18)16(20)12(19)6-10)7-15(23-8-17)9-2-3-13(21)14(22)4-9/h2-6H,7-8,22H2,1H3. The van der Waals surface area contributed by atoms with Crippen LogP contribution in [0, 0.1) is 5.82 Å². The topological polar surface area (TPSA) is 38.4 Å². The summed E-state index contributed by atoms with van der Waals surface area (Å²) in [5.74, 6) is -0.425. The average Bonchev–Trinajstić information content (AvgIpc) is 2.91. The SMILES string of the molecule is CC1(c2cc(Cl)c(Cl)c(Cl)c2)CN=C(c2ccc(F)c(N)c2)C1. The molecule has 120 valence electrons. The summed E-state index contributed by atoms with van der Waals surface area (Å²) < 4.78 is 13.3. The second kappa shape index (κ2) is 5.97. The van der Waals surface area contributed by atoms with Crippen LogP contribution in [0.3, 0.4) is 0 Å². The second-order valence-corrected chi connectivity index (χ2v) is 7.18. The lowest BCUT2D eigenvalue weighted by atomic mass is 9.79. The molecule has 0 aliphatic carbocycles. The van der Waals surface area contributed by atoms with Gasteiger partial charge in [-0.25, -0.2) is 4.39 Å². The Bertz CT molecular complexity index is 796. The number of benzene rings is 2. The highest BCUT2D eigenvalue weighted by atomic mass is 35.5. The molecule has 6 heteroatoms. The van der Waals surface area contributed by atoms with Gasteiger partial charge in [-0.15, -0.1) is 0 Å². The molecule has 1 unspecified atom stereocenters. The largest absolute Gasteiger partial charge is 0.396 e. The van der Waals surface area contributed by atoms with Gasteiger partial charge in [0.15, 0.2) is 0 Å². The summed E-state index contributed by atoms with van der Waals surface area (Å²) in [6.07, 6.45) is 0.687. The number of nitrogens with two attached hydrogens (primary N) is 1. The van der Waals surface area contributed by atoms with Crippen molar-refractivity contribution in [3.05, 3.63) is 62.3 Å². The van der Waals surface area contributed by atoms with Gasteiger partial charge in [0, 0.05) is 24.1 Å². The normalized spacial score (nSPS) is 20.7. The Balaban J connectivity index is 1.91. The molecule has 2 nitrogen and oxygen atoms in total. The Morgan fingerprint density at radius 2 is 1.78 bits per heavy atom. The third kappa shape index (κ3) is 3.06. The Labute approximate surface area is 149 Å². The van der Waals surface area contributed by atoms with E-state index in [1.54, 1.807) is 12.1 Å². The van der Waals surface area contributed by atoms with Crippen molar-refractivity contribution in [3.8, 4) is 0 Å². The molecule has 0 amide bonds. The molecule has 0 fully saturated rings. The predicted molar refractivity (Wildman–Crippen MR) is 95.7 cm³/mol. The third-order valence-corrected chi connectivity index (χ3v) is 5.38. The highest BCUT2D eigenvalue weighted by molar-refractivity contribution is 6.48. The lowest BCUT2D eigenvalue weighted by molar-refractivity contribution is 0.536. The molecule has 2 N–H and O–H groups in total. The van der Waals surface area contributed by atoms with Gasteiger partial charge in [0.2, 0.25) is 0 Å². The minimum Gasteiger partial charge on any atom is -0.396 e. The van der Waals surface area contributed by atoms with E-state index < -0.39 is 5.82 Å². The van der Waals surface area contributed by atoms with Crippen LogP contribution in [0.15, 0.2) is 35.3 Å². The van der Waals surface area contributed by atoms with Crippen molar-refractivity contribution in [1.29, 1.82) is 0 Å². The molecule has 0 aromatic heterocycles. The molecule has 0 spiro atoms. The lowest BCUT2D eigenvalue weighted by Crippen LogP contribution is -2.23. The van der Waals surface area contributed by atoms with E-state index in [2.05, 4.69) is 11.9 Å². The van der Waals surface area contributed by atoms with Gasteiger partial charge >= 0.3 is 0 Å². The molecule has 1 aliphatic rings. The summed E-state index contributed by atoms with van der Waals surface area (Å²) in [5, 5.41) is 1.20. The van der Waals surface area contributed by atoms with Crippen LogP contribution in [-0.4, -0.2) is 12.3 Å². The van der Waals surface area contributed by atoms with E-state index in [-0.39, 0.29) is 11.1 Å². The molecular weight excluding hydrogens is 358 g/mol. The molecule has 0 saturated carbocycles. The first-order valence-corrected chi connectivity index (χ1v) is 8.17. The molecule has 0 radical (unpaired) electrons. The molecule has 3 rings (SSSR count). The van der Waals surface area contributed by atoms with Crippen LogP contribution in [0.2, 0.25) is 15.1 Å². The van der Waals surface area contributed by atoms with Crippen molar-refractivity contribution < 1.29 is 4.39 Å². The summed E-state index contributed by atoms with van der Waals surface area (Å²) >= 11 is 18.3. The van der Waals surface area contributed by atoms with Crippen LogP contribution >= 0.6 is 34.8 Å². The van der Waals surface area contributed by atoms with Crippen molar-refractivity contribution in [2.24, 2.45) is 4.99 Å². The molecule has 1 heterocycles. The van der Waals surface area contributed by atoms with E-state index in [9.17, 15) is 4.39 Å². The number of aliphatic imine (C=N–C) groups is 1. The summed E-state index contributed by atoms with van der Waals surface area (Å²) in [7, 11) is 0. The Morgan fingerprint density at radius 3 is 2.39 bits per heavy atom. The van der Waals surface area contributed by atoms with E-state index in [1.807, 2.05) is 12.1 Å². The Kier molecular flexibility index (Phi) is 4.30. The van der Waals surface area contributed by atoms with Crippen molar-refractivity contribution in [1.82, 2.24) is 0 Å². The third-order valence-electron chi connectivity index (χ3n) is 4.19. The van der Waals surface area contributed by atoms with Gasteiger partial charge in [-0.2, -0.15) is 0 Å². The van der Waals surface area contributed by atoms with E-state index >= 15 is 0 Å². The van der Waals surface area contributed by atoms with Crippen LogP contribution in [0.5, 0.6) is 0 Å². The van der Waals surface area contributed by atoms with Crippen molar-refractivity contribution in [2.45, 2.75) is 18.8 Å². The van der Waals surface area contributed by atoms with Crippen LogP contribution in [0.25, 0.3) is 0 Å². The smallest absolute Gasteiger partial charge is 0.146 e. The first-order chi connectivity index (χ1) is 10.8. The van der Waals surface area contributed by atoms with Gasteiger partial charge in [-0.1, -0.05) is 47.8 Å². The summed E-state index contributed by atoms with van der Waals surface area (Å²) in [4.78, 5) is 4.61. The van der Waals surface area contributed by atoms with E-state index in [0.29, 0.717) is 28.0 Å². The van der Waals surface area contributed by atoms with Gasteiger partial charge in [0.05, 0.1) is 20.8 Å². The molecular formula is C17H14Cl3FN2. The van der Waals surface area contributed by atoms with Crippen molar-refractivity contribution in [2.75, 3.05) is 12.3 Å². The summed E-state index contributed by atoms with van der Waals surface area (Å²) in [6, 6.07) is 8.32. The maximum Gasteiger partial charge on any atom is 0.146 e. The van der Waals surface area contributed by atoms with E-state index in [0.717, 1.165) is 16.8 Å². The highest BCUT2D eigenvalue weighted by Crippen LogP contribution is 2.40. The Hall–Kier alpha value is -1.29. The zero-order valence-corrected chi connectivity index (χ0v) is 14.6. The Morgan fingerprint density at radius 1 is 1.13 bits per heavy atom. The highest BCUT2D eigenvalue weighted by Gasteiger charge is 2.34. The fraction of sp³-hybridized carbons (Fsp3) is 0.235. The van der Waals surface area contributed by atoms with Gasteiger partial charge in [-0.05, 0) is 35.4 Å². The van der Waals surface area contributed by atoms with E-state index in [1.165, 1.54) is 6.07 Å². The van der Waals surface area contributed by atoms with E-state index in [4.69, 9.17) is 40.5 Å². The number of nitrogens with zero attached hydrogens (tertiary/aromatic N) is 1. The fourth-order valence-electron chi connectivity index (χ4n) is 2.77. The quantitative estimate of drug-likeness (QED) is 0.548. The molecule has 0 bridgehead atoms. The monoisotopic (exact) mass is 370 g/mol.